The smallest absolute Gasteiger partial charge is 0.261 e. The molecule has 0 unspecified atom stereocenters. The minimum atomic E-state index is -3.75. The molecule has 5 nitrogen and oxygen atoms in total. The lowest BCUT2D eigenvalue weighted by atomic mass is 9.92. The van der Waals surface area contributed by atoms with Crippen LogP contribution in [0.25, 0.3) is 0 Å². The van der Waals surface area contributed by atoms with Crippen LogP contribution in [0, 0.1) is 0 Å². The highest BCUT2D eigenvalue weighted by Gasteiger charge is 2.21. The van der Waals surface area contributed by atoms with Crippen LogP contribution in [0.3, 0.4) is 0 Å². The predicted octanol–water partition coefficient (Wildman–Crippen LogP) is 3.07. The molecule has 0 fully saturated rings. The van der Waals surface area contributed by atoms with Crippen LogP contribution in [0.2, 0.25) is 0 Å². The average Bonchev–Trinajstić information content (AvgIpc) is 2.60. The first-order chi connectivity index (χ1) is 11.9. The van der Waals surface area contributed by atoms with Crippen LogP contribution in [0.15, 0.2) is 47.4 Å². The molecule has 1 aliphatic rings. The summed E-state index contributed by atoms with van der Waals surface area (Å²) in [5.41, 5.74) is 2.95. The molecule has 0 bridgehead atoms. The van der Waals surface area contributed by atoms with Gasteiger partial charge in [0.05, 0.1) is 16.1 Å². The van der Waals surface area contributed by atoms with E-state index in [4.69, 9.17) is 0 Å². The minimum absolute atomic E-state index is 0.236. The number of benzene rings is 2. The van der Waals surface area contributed by atoms with Crippen molar-refractivity contribution in [2.75, 3.05) is 18.8 Å². The van der Waals surface area contributed by atoms with Crippen molar-refractivity contribution in [2.24, 2.45) is 0 Å². The van der Waals surface area contributed by atoms with Crippen molar-refractivity contribution >= 4 is 21.6 Å². The maximum Gasteiger partial charge on any atom is 0.261 e. The summed E-state index contributed by atoms with van der Waals surface area (Å²) in [7, 11) is -0.477. The predicted molar refractivity (Wildman–Crippen MR) is 98.4 cm³/mol. The van der Waals surface area contributed by atoms with Gasteiger partial charge in [-0.2, -0.15) is 0 Å². The van der Waals surface area contributed by atoms with Gasteiger partial charge in [-0.05, 0) is 61.1 Å². The van der Waals surface area contributed by atoms with Gasteiger partial charge in [0, 0.05) is 14.1 Å². The van der Waals surface area contributed by atoms with Crippen LogP contribution in [-0.2, 0) is 22.9 Å². The van der Waals surface area contributed by atoms with Crippen molar-refractivity contribution in [3.63, 3.8) is 0 Å². The van der Waals surface area contributed by atoms with Crippen molar-refractivity contribution < 1.29 is 13.2 Å². The Kier molecular flexibility index (Phi) is 4.81. The second-order valence-electron chi connectivity index (χ2n) is 6.49. The molecular weight excluding hydrogens is 336 g/mol. The number of nitrogens with one attached hydrogen (secondary N) is 1. The lowest BCUT2D eigenvalue weighted by Crippen LogP contribution is -2.24. The van der Waals surface area contributed by atoms with Gasteiger partial charge >= 0.3 is 0 Å². The molecule has 0 heterocycles. The van der Waals surface area contributed by atoms with E-state index in [1.54, 1.807) is 50.5 Å². The van der Waals surface area contributed by atoms with Crippen LogP contribution in [0.4, 0.5) is 5.69 Å². The molecule has 6 heteroatoms. The summed E-state index contributed by atoms with van der Waals surface area (Å²) in [4.78, 5) is 13.9. The van der Waals surface area contributed by atoms with Gasteiger partial charge in [0.1, 0.15) is 0 Å². The minimum Gasteiger partial charge on any atom is -0.345 e. The monoisotopic (exact) mass is 358 g/mol. The summed E-state index contributed by atoms with van der Waals surface area (Å²) >= 11 is 0. The quantitative estimate of drug-likeness (QED) is 0.913. The molecule has 0 aliphatic heterocycles. The third kappa shape index (κ3) is 3.69. The second kappa shape index (κ2) is 6.88. The van der Waals surface area contributed by atoms with Crippen LogP contribution < -0.4 is 4.72 Å². The number of nitrogens with zero attached hydrogens (tertiary/aromatic N) is 1. The Morgan fingerprint density at radius 1 is 1.00 bits per heavy atom. The summed E-state index contributed by atoms with van der Waals surface area (Å²) in [6.07, 6.45) is 4.15. The van der Waals surface area contributed by atoms with Gasteiger partial charge < -0.3 is 4.90 Å². The summed E-state index contributed by atoms with van der Waals surface area (Å²) < 4.78 is 28.2. The lowest BCUT2D eigenvalue weighted by Gasteiger charge is -2.18. The molecule has 0 saturated heterocycles. The topological polar surface area (TPSA) is 66.5 Å². The Bertz CT molecular complexity index is 905. The summed E-state index contributed by atoms with van der Waals surface area (Å²) in [6, 6.07) is 11.9. The van der Waals surface area contributed by atoms with E-state index in [-0.39, 0.29) is 10.8 Å². The molecule has 0 spiro atoms. The van der Waals surface area contributed by atoms with E-state index in [1.165, 1.54) is 10.5 Å². The first-order valence-corrected chi connectivity index (χ1v) is 9.82. The fourth-order valence-corrected chi connectivity index (χ4v) is 4.21. The lowest BCUT2D eigenvalue weighted by molar-refractivity contribution is 0.0828. The van der Waals surface area contributed by atoms with E-state index in [9.17, 15) is 13.2 Å². The Labute approximate surface area is 148 Å². The van der Waals surface area contributed by atoms with Gasteiger partial charge in [0.15, 0.2) is 0 Å². The number of sulfonamides is 1. The number of amides is 1. The molecular formula is C19H22N2O3S. The van der Waals surface area contributed by atoms with Crippen LogP contribution >= 0.6 is 0 Å². The fourth-order valence-electron chi connectivity index (χ4n) is 3.08. The van der Waals surface area contributed by atoms with Crippen molar-refractivity contribution in [3.05, 3.63) is 59.2 Å². The zero-order valence-electron chi connectivity index (χ0n) is 14.5. The number of carbonyl (C=O) groups is 1. The zero-order chi connectivity index (χ0) is 18.0. The first-order valence-electron chi connectivity index (χ1n) is 8.34. The van der Waals surface area contributed by atoms with Gasteiger partial charge in [-0.15, -0.1) is 0 Å². The molecule has 0 radical (unpaired) electrons. The molecule has 3 rings (SSSR count). The number of carbonyl (C=O) groups excluding carboxylic acids is 1. The first kappa shape index (κ1) is 17.5. The average molecular weight is 358 g/mol. The van der Waals surface area contributed by atoms with Gasteiger partial charge in [0.2, 0.25) is 0 Å². The number of para-hydroxylation sites is 1. The van der Waals surface area contributed by atoms with Crippen molar-refractivity contribution in [1.29, 1.82) is 0 Å². The van der Waals surface area contributed by atoms with Crippen molar-refractivity contribution in [2.45, 2.75) is 30.6 Å². The van der Waals surface area contributed by atoms with Gasteiger partial charge in [0.25, 0.3) is 15.9 Å². The molecule has 0 atom stereocenters. The van der Waals surface area contributed by atoms with Gasteiger partial charge in [-0.3, -0.25) is 9.52 Å². The number of hydrogen-bond donors (Lipinski definition) is 1. The van der Waals surface area contributed by atoms with Crippen molar-refractivity contribution in [3.8, 4) is 0 Å². The SMILES string of the molecule is CN(C)C(=O)c1ccccc1NS(=O)(=O)c1ccc2c(c1)CCCC2. The molecule has 0 aromatic heterocycles. The highest BCUT2D eigenvalue weighted by molar-refractivity contribution is 7.92. The van der Waals surface area contributed by atoms with Crippen LogP contribution in [0.5, 0.6) is 0 Å². The molecule has 1 aliphatic carbocycles. The Morgan fingerprint density at radius 2 is 1.68 bits per heavy atom. The Morgan fingerprint density at radius 3 is 2.40 bits per heavy atom. The number of fused-ring (bicyclic) bond motifs is 1. The Balaban J connectivity index is 1.94. The summed E-state index contributed by atoms with van der Waals surface area (Å²) in [5.74, 6) is -0.247. The maximum atomic E-state index is 12.8. The van der Waals surface area contributed by atoms with Crippen LogP contribution in [0.1, 0.15) is 34.3 Å². The van der Waals surface area contributed by atoms with E-state index >= 15 is 0 Å². The molecule has 1 amide bonds. The molecule has 1 N–H and O–H groups in total. The molecule has 2 aromatic rings. The summed E-state index contributed by atoms with van der Waals surface area (Å²) in [5, 5.41) is 0. The molecule has 2 aromatic carbocycles. The van der Waals surface area contributed by atoms with E-state index in [0.717, 1.165) is 31.2 Å². The molecule has 132 valence electrons. The maximum absolute atomic E-state index is 12.8. The van der Waals surface area contributed by atoms with Crippen LogP contribution in [-0.4, -0.2) is 33.3 Å². The molecule has 0 saturated carbocycles. The standard InChI is InChI=1S/C19H22N2O3S/c1-21(2)19(22)17-9-5-6-10-18(17)20-25(23,24)16-12-11-14-7-3-4-8-15(14)13-16/h5-6,9-13,20H,3-4,7-8H2,1-2H3. The number of rotatable bonds is 4. The van der Waals surface area contributed by atoms with E-state index < -0.39 is 10.0 Å². The number of anilines is 1. The van der Waals surface area contributed by atoms with Gasteiger partial charge in [-0.1, -0.05) is 18.2 Å². The highest BCUT2D eigenvalue weighted by atomic mass is 32.2. The van der Waals surface area contributed by atoms with Crippen molar-refractivity contribution in [1.82, 2.24) is 4.90 Å². The van der Waals surface area contributed by atoms with E-state index in [0.29, 0.717) is 11.3 Å². The summed E-state index contributed by atoms with van der Waals surface area (Å²) in [6.45, 7) is 0. The number of hydrogen-bond acceptors (Lipinski definition) is 3. The van der Waals surface area contributed by atoms with E-state index in [1.807, 2.05) is 6.07 Å². The second-order valence-corrected chi connectivity index (χ2v) is 8.17. The molecule has 25 heavy (non-hydrogen) atoms. The Hall–Kier alpha value is -2.34. The van der Waals surface area contributed by atoms with Gasteiger partial charge in [-0.25, -0.2) is 8.42 Å². The third-order valence-corrected chi connectivity index (χ3v) is 5.80. The third-order valence-electron chi connectivity index (χ3n) is 4.44. The normalized spacial score (nSPS) is 13.8. The largest absolute Gasteiger partial charge is 0.345 e. The zero-order valence-corrected chi connectivity index (χ0v) is 15.3. The van der Waals surface area contributed by atoms with E-state index in [2.05, 4.69) is 4.72 Å². The fraction of sp³-hybridized carbons (Fsp3) is 0.316. The highest BCUT2D eigenvalue weighted by Crippen LogP contribution is 2.26. The number of aryl methyl sites for hydroxylation is 2.